The van der Waals surface area contributed by atoms with Crippen LogP contribution in [0.5, 0.6) is 0 Å². The molecule has 15 heavy (non-hydrogen) atoms. The Morgan fingerprint density at radius 1 is 0.933 bits per heavy atom. The van der Waals surface area contributed by atoms with Crippen LogP contribution < -0.4 is 10.2 Å². The Morgan fingerprint density at radius 2 is 1.13 bits per heavy atom. The largest absolute Gasteiger partial charge is 2.00 e. The molecule has 0 atom stereocenters. The number of hydrogen-bond acceptors (Lipinski definition) is 6. The summed E-state index contributed by atoms with van der Waals surface area (Å²) < 4.78 is 0. The molecule has 0 aromatic carbocycles. The molecule has 0 aliphatic carbocycles. The molecule has 0 amide bonds. The molecule has 0 fully saturated rings. The van der Waals surface area contributed by atoms with Gasteiger partial charge in [0.05, 0.1) is 25.2 Å². The third-order valence-corrected chi connectivity index (χ3v) is 0.959. The topological polar surface area (TPSA) is 121 Å². The van der Waals surface area contributed by atoms with E-state index in [1.54, 1.807) is 0 Å². The second kappa shape index (κ2) is 11.2. The van der Waals surface area contributed by atoms with Crippen LogP contribution in [0.2, 0.25) is 0 Å². The third kappa shape index (κ3) is 13.1. The van der Waals surface area contributed by atoms with Gasteiger partial charge in [-0.05, 0) is 11.1 Å². The fourth-order valence-corrected chi connectivity index (χ4v) is 0.129. The van der Waals surface area contributed by atoms with Crippen molar-refractivity contribution in [2.75, 3.05) is 13.2 Å². The number of carbonyl (C=O) groups excluding carboxylic acids is 2. The van der Waals surface area contributed by atoms with Crippen molar-refractivity contribution in [3.05, 3.63) is 24.3 Å². The molecule has 0 aromatic heterocycles. The smallest absolute Gasteiger partial charge is 0.545 e. The van der Waals surface area contributed by atoms with Crippen LogP contribution in [0.15, 0.2) is 24.3 Å². The van der Waals surface area contributed by atoms with Crippen molar-refractivity contribution in [3.63, 3.8) is 0 Å². The number of carboxylic acids is 2. The van der Waals surface area contributed by atoms with E-state index in [0.717, 1.165) is 0 Å². The summed E-state index contributed by atoms with van der Waals surface area (Å²) in [5.74, 6) is -2.80. The predicted octanol–water partition coefficient (Wildman–Crippen LogP) is -3.81. The molecule has 2 N–H and O–H groups in total. The summed E-state index contributed by atoms with van der Waals surface area (Å²) >= 11 is 0. The van der Waals surface area contributed by atoms with E-state index in [4.69, 9.17) is 10.2 Å². The van der Waals surface area contributed by atoms with Crippen molar-refractivity contribution in [3.8, 4) is 0 Å². The molecule has 0 aliphatic rings. The molecular formula is C8H10MgO6. The molecule has 7 heteroatoms. The monoisotopic (exact) mass is 226 g/mol. The van der Waals surface area contributed by atoms with Gasteiger partial charge in [0, 0.05) is 0 Å². The number of carbonyl (C=O) groups is 2. The summed E-state index contributed by atoms with van der Waals surface area (Å²) in [6, 6.07) is 0. The van der Waals surface area contributed by atoms with Crippen molar-refractivity contribution in [1.82, 2.24) is 0 Å². The minimum absolute atomic E-state index is 0. The number of carboxylic acid groups (broad SMARTS) is 2. The Balaban J connectivity index is -0.000000180. The van der Waals surface area contributed by atoms with Gasteiger partial charge >= 0.3 is 23.1 Å². The molecule has 0 saturated heterocycles. The fourth-order valence-electron chi connectivity index (χ4n) is 0.129. The fraction of sp³-hybridized carbons (Fsp3) is 0.250. The van der Waals surface area contributed by atoms with E-state index in [-0.39, 0.29) is 34.2 Å². The quantitative estimate of drug-likeness (QED) is 0.374. The second-order valence-electron chi connectivity index (χ2n) is 2.10. The van der Waals surface area contributed by atoms with Crippen LogP contribution in [-0.4, -0.2) is 58.4 Å². The van der Waals surface area contributed by atoms with E-state index in [9.17, 15) is 19.8 Å². The van der Waals surface area contributed by atoms with Crippen molar-refractivity contribution in [1.29, 1.82) is 0 Å². The van der Waals surface area contributed by atoms with Gasteiger partial charge in [0.1, 0.15) is 0 Å². The van der Waals surface area contributed by atoms with Gasteiger partial charge in [-0.15, -0.1) is 0 Å². The molecule has 0 aliphatic heterocycles. The van der Waals surface area contributed by atoms with Crippen LogP contribution in [0.25, 0.3) is 0 Å². The van der Waals surface area contributed by atoms with Crippen LogP contribution in [0.3, 0.4) is 0 Å². The summed E-state index contributed by atoms with van der Waals surface area (Å²) in [6.07, 6.45) is 0. The van der Waals surface area contributed by atoms with E-state index < -0.39 is 25.2 Å². The zero-order valence-corrected chi connectivity index (χ0v) is 9.48. The average molecular weight is 226 g/mol. The van der Waals surface area contributed by atoms with Crippen molar-refractivity contribution in [2.24, 2.45) is 0 Å². The zero-order valence-electron chi connectivity index (χ0n) is 8.06. The Morgan fingerprint density at radius 3 is 1.13 bits per heavy atom. The second-order valence-corrected chi connectivity index (χ2v) is 2.10. The Bertz CT molecular complexity index is 222. The number of aliphatic hydroxyl groups is 2. The van der Waals surface area contributed by atoms with Crippen LogP contribution in [0.1, 0.15) is 0 Å². The first-order valence-electron chi connectivity index (χ1n) is 3.36. The maximum Gasteiger partial charge on any atom is 2.00 e. The molecule has 0 heterocycles. The Hall–Kier alpha value is -0.894. The maximum atomic E-state index is 9.56. The van der Waals surface area contributed by atoms with Crippen molar-refractivity contribution < 1.29 is 30.0 Å². The van der Waals surface area contributed by atoms with Gasteiger partial charge in [-0.2, -0.15) is 0 Å². The standard InChI is InChI=1S/2C4H6O3.Mg/c2*1-3(2-5)4(6)7;/h2*5H,1-2H2,(H,6,7);/q;;+2/p-2. The van der Waals surface area contributed by atoms with Crippen molar-refractivity contribution >= 4 is 35.0 Å². The maximum absolute atomic E-state index is 9.56. The summed E-state index contributed by atoms with van der Waals surface area (Å²) in [5, 5.41) is 35.1. The minimum Gasteiger partial charge on any atom is -0.545 e. The molecule has 0 rings (SSSR count). The van der Waals surface area contributed by atoms with Crippen LogP contribution >= 0.6 is 0 Å². The molecule has 6 nitrogen and oxygen atoms in total. The molecular weight excluding hydrogens is 216 g/mol. The SMILES string of the molecule is C=C(CO)C(=O)[O-].C=C(CO)C(=O)[O-].[Mg+2]. The number of rotatable bonds is 4. The zero-order chi connectivity index (χ0) is 11.7. The van der Waals surface area contributed by atoms with Crippen molar-refractivity contribution in [2.45, 2.75) is 0 Å². The number of hydrogen-bond donors (Lipinski definition) is 2. The van der Waals surface area contributed by atoms with Gasteiger partial charge in [0.25, 0.3) is 0 Å². The third-order valence-electron chi connectivity index (χ3n) is 0.959. The minimum atomic E-state index is -1.40. The first-order chi connectivity index (χ1) is 6.36. The first kappa shape index (κ1) is 19.6. The summed E-state index contributed by atoms with van der Waals surface area (Å²) in [5.41, 5.74) is -0.583. The molecule has 0 saturated carbocycles. The van der Waals surface area contributed by atoms with E-state index in [1.165, 1.54) is 0 Å². The number of aliphatic hydroxyl groups excluding tert-OH is 2. The Labute approximate surface area is 103 Å². The van der Waals surface area contributed by atoms with E-state index in [1.807, 2.05) is 0 Å². The summed E-state index contributed by atoms with van der Waals surface area (Å²) in [7, 11) is 0. The molecule has 0 unspecified atom stereocenters. The van der Waals surface area contributed by atoms with Gasteiger partial charge < -0.3 is 30.0 Å². The van der Waals surface area contributed by atoms with E-state index in [2.05, 4.69) is 13.2 Å². The summed E-state index contributed by atoms with van der Waals surface area (Å²) in [6.45, 7) is 4.84. The molecule has 80 valence electrons. The van der Waals surface area contributed by atoms with E-state index >= 15 is 0 Å². The molecule has 0 bridgehead atoms. The van der Waals surface area contributed by atoms with Gasteiger partial charge in [0.2, 0.25) is 0 Å². The summed E-state index contributed by atoms with van der Waals surface area (Å²) in [4.78, 5) is 19.1. The Kier molecular flexibility index (Phi) is 14.6. The van der Waals surface area contributed by atoms with Crippen LogP contribution in [-0.2, 0) is 9.59 Å². The van der Waals surface area contributed by atoms with E-state index in [0.29, 0.717) is 0 Å². The number of aliphatic carboxylic acids is 2. The molecule has 0 radical (unpaired) electrons. The van der Waals surface area contributed by atoms with Gasteiger partial charge in [-0.3, -0.25) is 0 Å². The predicted molar refractivity (Wildman–Crippen MR) is 48.2 cm³/mol. The van der Waals surface area contributed by atoms with Crippen LogP contribution in [0, 0.1) is 0 Å². The van der Waals surface area contributed by atoms with Gasteiger partial charge in [-0.25, -0.2) is 0 Å². The molecule has 0 spiro atoms. The van der Waals surface area contributed by atoms with Gasteiger partial charge in [0.15, 0.2) is 0 Å². The normalized spacial score (nSPS) is 7.60. The molecule has 0 aromatic rings. The first-order valence-corrected chi connectivity index (χ1v) is 3.36. The van der Waals surface area contributed by atoms with Gasteiger partial charge in [-0.1, -0.05) is 13.2 Å². The average Bonchev–Trinajstić information content (AvgIpc) is 2.15. The van der Waals surface area contributed by atoms with Crippen LogP contribution in [0.4, 0.5) is 0 Å².